The lowest BCUT2D eigenvalue weighted by Crippen LogP contribution is -2.21. The fourth-order valence-corrected chi connectivity index (χ4v) is 1.65. The molecule has 0 aromatic heterocycles. The van der Waals surface area contributed by atoms with E-state index in [2.05, 4.69) is 0 Å². The second kappa shape index (κ2) is 4.06. The summed E-state index contributed by atoms with van der Waals surface area (Å²) in [4.78, 5) is 11.7. The molecule has 1 atom stereocenters. The standard InChI is InChI=1S/C11H10F2O2/c12-8-4-1-3-7(10(8)13)11(14)9-5-2-6-15-9/h1,3-4,9H,2,5-6H2. The Hall–Kier alpha value is -1.29. The maximum atomic E-state index is 13.3. The molecule has 1 aromatic rings. The summed E-state index contributed by atoms with van der Waals surface area (Å²) in [6.07, 6.45) is 0.753. The Balaban J connectivity index is 2.28. The quantitative estimate of drug-likeness (QED) is 0.703. The molecular formula is C11H10F2O2. The van der Waals surface area contributed by atoms with E-state index in [4.69, 9.17) is 4.74 Å². The van der Waals surface area contributed by atoms with Crippen molar-refractivity contribution in [2.75, 3.05) is 6.61 Å². The molecule has 2 nitrogen and oxygen atoms in total. The van der Waals surface area contributed by atoms with Gasteiger partial charge in [0.05, 0.1) is 5.56 Å². The van der Waals surface area contributed by atoms with Gasteiger partial charge in [-0.15, -0.1) is 0 Å². The summed E-state index contributed by atoms with van der Waals surface area (Å²) in [5, 5.41) is 0. The monoisotopic (exact) mass is 212 g/mol. The van der Waals surface area contributed by atoms with E-state index in [1.165, 1.54) is 12.1 Å². The first-order valence-corrected chi connectivity index (χ1v) is 4.80. The summed E-state index contributed by atoms with van der Waals surface area (Å²) in [5.41, 5.74) is -0.220. The van der Waals surface area contributed by atoms with Gasteiger partial charge in [-0.25, -0.2) is 8.78 Å². The van der Waals surface area contributed by atoms with Crippen molar-refractivity contribution in [2.24, 2.45) is 0 Å². The Morgan fingerprint density at radius 1 is 1.40 bits per heavy atom. The molecule has 1 aliphatic heterocycles. The summed E-state index contributed by atoms with van der Waals surface area (Å²) >= 11 is 0. The first-order chi connectivity index (χ1) is 7.20. The molecule has 0 saturated carbocycles. The van der Waals surface area contributed by atoms with Crippen LogP contribution < -0.4 is 0 Å². The van der Waals surface area contributed by atoms with Gasteiger partial charge in [0.1, 0.15) is 6.10 Å². The molecule has 0 aliphatic carbocycles. The van der Waals surface area contributed by atoms with Gasteiger partial charge >= 0.3 is 0 Å². The van der Waals surface area contributed by atoms with Crippen molar-refractivity contribution in [1.82, 2.24) is 0 Å². The maximum absolute atomic E-state index is 13.3. The van der Waals surface area contributed by atoms with Gasteiger partial charge in [0.25, 0.3) is 0 Å². The van der Waals surface area contributed by atoms with Gasteiger partial charge in [0.15, 0.2) is 17.4 Å². The van der Waals surface area contributed by atoms with Gasteiger partial charge in [0, 0.05) is 6.61 Å². The molecule has 4 heteroatoms. The second-order valence-corrected chi connectivity index (χ2v) is 3.47. The molecule has 15 heavy (non-hydrogen) atoms. The average Bonchev–Trinajstić information content (AvgIpc) is 2.74. The minimum atomic E-state index is -1.09. The fourth-order valence-electron chi connectivity index (χ4n) is 1.65. The highest BCUT2D eigenvalue weighted by Gasteiger charge is 2.27. The molecule has 2 rings (SSSR count). The van der Waals surface area contributed by atoms with Crippen molar-refractivity contribution in [3.63, 3.8) is 0 Å². The molecule has 80 valence electrons. The van der Waals surface area contributed by atoms with Crippen LogP contribution in [0.1, 0.15) is 23.2 Å². The van der Waals surface area contributed by atoms with Gasteiger partial charge in [-0.1, -0.05) is 6.07 Å². The van der Waals surface area contributed by atoms with Crippen molar-refractivity contribution in [3.8, 4) is 0 Å². The lowest BCUT2D eigenvalue weighted by Gasteiger charge is -2.08. The zero-order valence-corrected chi connectivity index (χ0v) is 8.00. The van der Waals surface area contributed by atoms with Crippen LogP contribution in [0, 0.1) is 11.6 Å². The fraction of sp³-hybridized carbons (Fsp3) is 0.364. The third-order valence-electron chi connectivity index (χ3n) is 2.44. The van der Waals surface area contributed by atoms with Crippen LogP contribution in [0.3, 0.4) is 0 Å². The van der Waals surface area contributed by atoms with Crippen molar-refractivity contribution in [1.29, 1.82) is 0 Å². The number of Topliss-reactive ketones (excluding diaryl/α,β-unsaturated/α-hetero) is 1. The van der Waals surface area contributed by atoms with Crippen molar-refractivity contribution < 1.29 is 18.3 Å². The van der Waals surface area contributed by atoms with Crippen molar-refractivity contribution >= 4 is 5.78 Å². The SMILES string of the molecule is O=C(c1cccc(F)c1F)C1CCCO1. The van der Waals surface area contributed by atoms with Gasteiger partial charge in [-0.2, -0.15) is 0 Å². The number of halogens is 2. The Bertz CT molecular complexity index is 384. The highest BCUT2D eigenvalue weighted by atomic mass is 19.2. The summed E-state index contributed by atoms with van der Waals surface area (Å²) in [7, 11) is 0. The summed E-state index contributed by atoms with van der Waals surface area (Å²) in [6.45, 7) is 0.507. The number of rotatable bonds is 2. The van der Waals surface area contributed by atoms with E-state index in [9.17, 15) is 13.6 Å². The normalized spacial score (nSPS) is 20.5. The number of carbonyl (C=O) groups is 1. The number of carbonyl (C=O) groups excluding carboxylic acids is 1. The Kier molecular flexibility index (Phi) is 2.77. The van der Waals surface area contributed by atoms with E-state index < -0.39 is 23.5 Å². The van der Waals surface area contributed by atoms with Crippen LogP contribution in [0.15, 0.2) is 18.2 Å². The van der Waals surface area contributed by atoms with Crippen LogP contribution in [0.25, 0.3) is 0 Å². The molecule has 1 unspecified atom stereocenters. The Morgan fingerprint density at radius 3 is 2.87 bits per heavy atom. The molecule has 1 aliphatic rings. The van der Waals surface area contributed by atoms with Gasteiger partial charge in [-0.05, 0) is 25.0 Å². The van der Waals surface area contributed by atoms with Gasteiger partial charge in [-0.3, -0.25) is 4.79 Å². The van der Waals surface area contributed by atoms with E-state index >= 15 is 0 Å². The van der Waals surface area contributed by atoms with Crippen LogP contribution in [0.4, 0.5) is 8.78 Å². The summed E-state index contributed by atoms with van der Waals surface area (Å²) < 4.78 is 31.2. The number of hydrogen-bond acceptors (Lipinski definition) is 2. The molecule has 0 bridgehead atoms. The molecule has 0 amide bonds. The highest BCUT2D eigenvalue weighted by Crippen LogP contribution is 2.20. The first-order valence-electron chi connectivity index (χ1n) is 4.80. The van der Waals surface area contributed by atoms with Crippen LogP contribution >= 0.6 is 0 Å². The van der Waals surface area contributed by atoms with Crippen LogP contribution in [0.5, 0.6) is 0 Å². The van der Waals surface area contributed by atoms with E-state index in [0.717, 1.165) is 12.5 Å². The molecule has 0 spiro atoms. The average molecular weight is 212 g/mol. The molecule has 0 N–H and O–H groups in total. The Morgan fingerprint density at radius 2 is 2.20 bits per heavy atom. The van der Waals surface area contributed by atoms with Crippen LogP contribution in [0.2, 0.25) is 0 Å². The number of hydrogen-bond donors (Lipinski definition) is 0. The van der Waals surface area contributed by atoms with Gasteiger partial charge in [0.2, 0.25) is 0 Å². The lowest BCUT2D eigenvalue weighted by molar-refractivity contribution is 0.0638. The largest absolute Gasteiger partial charge is 0.370 e. The predicted octanol–water partition coefficient (Wildman–Crippen LogP) is 2.33. The maximum Gasteiger partial charge on any atom is 0.194 e. The smallest absolute Gasteiger partial charge is 0.194 e. The molecule has 1 heterocycles. The molecule has 1 saturated heterocycles. The second-order valence-electron chi connectivity index (χ2n) is 3.47. The van der Waals surface area contributed by atoms with E-state index in [0.29, 0.717) is 13.0 Å². The van der Waals surface area contributed by atoms with E-state index in [1.807, 2.05) is 0 Å². The Labute approximate surface area is 85.9 Å². The molecular weight excluding hydrogens is 202 g/mol. The van der Waals surface area contributed by atoms with Crippen LogP contribution in [-0.4, -0.2) is 18.5 Å². The predicted molar refractivity (Wildman–Crippen MR) is 49.7 cm³/mol. The minimum Gasteiger partial charge on any atom is -0.370 e. The topological polar surface area (TPSA) is 26.3 Å². The zero-order chi connectivity index (χ0) is 10.8. The third kappa shape index (κ3) is 1.90. The van der Waals surface area contributed by atoms with Gasteiger partial charge < -0.3 is 4.74 Å². The highest BCUT2D eigenvalue weighted by molar-refractivity contribution is 5.99. The third-order valence-corrected chi connectivity index (χ3v) is 2.44. The summed E-state index contributed by atoms with van der Waals surface area (Å²) in [5.74, 6) is -2.55. The van der Waals surface area contributed by atoms with Crippen molar-refractivity contribution in [3.05, 3.63) is 35.4 Å². The van der Waals surface area contributed by atoms with Crippen LogP contribution in [-0.2, 0) is 4.74 Å². The molecule has 1 fully saturated rings. The molecule has 0 radical (unpaired) electrons. The first kappa shape index (κ1) is 10.2. The summed E-state index contributed by atoms with van der Waals surface area (Å²) in [6, 6.07) is 3.59. The number of ether oxygens (including phenoxy) is 1. The van der Waals surface area contributed by atoms with Crippen molar-refractivity contribution in [2.45, 2.75) is 18.9 Å². The number of ketones is 1. The van der Waals surface area contributed by atoms with E-state index in [-0.39, 0.29) is 5.56 Å². The number of benzene rings is 1. The lowest BCUT2D eigenvalue weighted by atomic mass is 10.0. The zero-order valence-electron chi connectivity index (χ0n) is 8.00. The minimum absolute atomic E-state index is 0.220. The molecule has 1 aromatic carbocycles. The van der Waals surface area contributed by atoms with E-state index in [1.54, 1.807) is 0 Å².